The smallest absolute Gasteiger partial charge is 0.319 e. The van der Waals surface area contributed by atoms with Crippen molar-refractivity contribution in [2.45, 2.75) is 19.9 Å². The van der Waals surface area contributed by atoms with Crippen molar-refractivity contribution in [3.05, 3.63) is 70.9 Å². The van der Waals surface area contributed by atoms with E-state index in [0.717, 1.165) is 0 Å². The predicted octanol–water partition coefficient (Wildman–Crippen LogP) is 3.30. The Morgan fingerprint density at radius 2 is 1.92 bits per heavy atom. The second kappa shape index (κ2) is 7.31. The van der Waals surface area contributed by atoms with Crippen molar-refractivity contribution in [1.82, 2.24) is 10.6 Å². The van der Waals surface area contributed by atoms with E-state index in [1.165, 1.54) is 6.07 Å². The molecule has 134 valence electrons. The van der Waals surface area contributed by atoms with Gasteiger partial charge in [-0.2, -0.15) is 0 Å². The average Bonchev–Trinajstić information content (AvgIpc) is 2.63. The number of amides is 2. The van der Waals surface area contributed by atoms with Crippen molar-refractivity contribution in [1.29, 1.82) is 0 Å². The van der Waals surface area contributed by atoms with Crippen LogP contribution < -0.4 is 15.4 Å². The Labute approximate surface area is 151 Å². The molecule has 2 aromatic carbocycles. The highest BCUT2D eigenvalue weighted by molar-refractivity contribution is 6.11. The summed E-state index contributed by atoms with van der Waals surface area (Å²) >= 11 is 0. The summed E-state index contributed by atoms with van der Waals surface area (Å²) in [5.41, 5.74) is 2.14. The number of benzene rings is 2. The molecule has 1 heterocycles. The molecule has 0 aliphatic carbocycles. The van der Waals surface area contributed by atoms with Crippen LogP contribution in [0.2, 0.25) is 0 Å². The number of Topliss-reactive ketones (excluding diaryl/α,β-unsaturated/α-hetero) is 1. The number of hydrogen-bond donors (Lipinski definition) is 3. The largest absolute Gasteiger partial charge is 0.504 e. The van der Waals surface area contributed by atoms with E-state index in [9.17, 15) is 14.7 Å². The molecule has 2 aromatic rings. The molecule has 0 saturated heterocycles. The van der Waals surface area contributed by atoms with Gasteiger partial charge in [0, 0.05) is 16.8 Å². The molecular formula is C20H20N2O4. The van der Waals surface area contributed by atoms with Crippen LogP contribution in [0.4, 0.5) is 4.79 Å². The second-order valence-corrected chi connectivity index (χ2v) is 5.93. The lowest BCUT2D eigenvalue weighted by Gasteiger charge is -2.29. The van der Waals surface area contributed by atoms with Crippen LogP contribution in [0.5, 0.6) is 11.5 Å². The Morgan fingerprint density at radius 3 is 2.62 bits per heavy atom. The first-order chi connectivity index (χ1) is 12.5. The summed E-state index contributed by atoms with van der Waals surface area (Å²) in [6.07, 6.45) is 0. The monoisotopic (exact) mass is 352 g/mol. The van der Waals surface area contributed by atoms with E-state index in [4.69, 9.17) is 4.74 Å². The Hall–Kier alpha value is -3.28. The van der Waals surface area contributed by atoms with Gasteiger partial charge in [-0.1, -0.05) is 36.4 Å². The lowest BCUT2D eigenvalue weighted by atomic mass is 9.89. The summed E-state index contributed by atoms with van der Waals surface area (Å²) in [4.78, 5) is 25.0. The van der Waals surface area contributed by atoms with Gasteiger partial charge in [0.25, 0.3) is 0 Å². The summed E-state index contributed by atoms with van der Waals surface area (Å²) < 4.78 is 5.42. The first-order valence-corrected chi connectivity index (χ1v) is 8.35. The molecule has 3 rings (SSSR count). The van der Waals surface area contributed by atoms with E-state index >= 15 is 0 Å². The van der Waals surface area contributed by atoms with Crippen LogP contribution in [-0.2, 0) is 0 Å². The summed E-state index contributed by atoms with van der Waals surface area (Å²) in [5, 5.41) is 15.4. The summed E-state index contributed by atoms with van der Waals surface area (Å²) in [7, 11) is 0. The Bertz CT molecular complexity index is 875. The summed E-state index contributed by atoms with van der Waals surface area (Å²) in [6.45, 7) is 3.90. The van der Waals surface area contributed by atoms with E-state index in [1.807, 2.05) is 13.0 Å². The van der Waals surface area contributed by atoms with Crippen molar-refractivity contribution in [3.8, 4) is 11.5 Å². The maximum Gasteiger partial charge on any atom is 0.319 e. The highest BCUT2D eigenvalue weighted by Crippen LogP contribution is 2.34. The first kappa shape index (κ1) is 17.5. The molecule has 0 aromatic heterocycles. The minimum absolute atomic E-state index is 0.00694. The van der Waals surface area contributed by atoms with Gasteiger partial charge in [-0.05, 0) is 31.5 Å². The van der Waals surface area contributed by atoms with Crippen LogP contribution in [0.1, 0.15) is 35.8 Å². The molecule has 6 heteroatoms. The average molecular weight is 352 g/mol. The van der Waals surface area contributed by atoms with Crippen LogP contribution in [0.25, 0.3) is 0 Å². The maximum atomic E-state index is 13.0. The molecule has 1 aliphatic heterocycles. The number of rotatable bonds is 5. The molecule has 6 nitrogen and oxygen atoms in total. The highest BCUT2D eigenvalue weighted by Gasteiger charge is 2.32. The highest BCUT2D eigenvalue weighted by atomic mass is 16.5. The lowest BCUT2D eigenvalue weighted by molar-refractivity contribution is 0.102. The quantitative estimate of drug-likeness (QED) is 0.721. The normalized spacial score (nSPS) is 16.7. The molecule has 0 fully saturated rings. The molecule has 0 bridgehead atoms. The molecule has 2 amide bonds. The summed E-state index contributed by atoms with van der Waals surface area (Å²) in [6, 6.07) is 12.7. The SMILES string of the molecule is CCOc1cc([C@@H]2NC(=O)NC(C)=C2C(=O)c2ccccc2)ccc1O. The van der Waals surface area contributed by atoms with Gasteiger partial charge in [0.2, 0.25) is 0 Å². The minimum Gasteiger partial charge on any atom is -0.504 e. The third kappa shape index (κ3) is 3.39. The van der Waals surface area contributed by atoms with Crippen molar-refractivity contribution < 1.29 is 19.4 Å². The predicted molar refractivity (Wildman–Crippen MR) is 97.2 cm³/mol. The number of nitrogens with one attached hydrogen (secondary N) is 2. The van der Waals surface area contributed by atoms with Gasteiger partial charge in [0.05, 0.1) is 12.6 Å². The Balaban J connectivity index is 2.06. The molecular weight excluding hydrogens is 332 g/mol. The number of carbonyl (C=O) groups excluding carboxylic acids is 2. The fraction of sp³-hybridized carbons (Fsp3) is 0.200. The van der Waals surface area contributed by atoms with Crippen molar-refractivity contribution in [2.24, 2.45) is 0 Å². The minimum atomic E-state index is -0.642. The molecule has 0 spiro atoms. The van der Waals surface area contributed by atoms with Crippen molar-refractivity contribution >= 4 is 11.8 Å². The number of aromatic hydroxyl groups is 1. The number of ether oxygens (including phenoxy) is 1. The van der Waals surface area contributed by atoms with Gasteiger partial charge < -0.3 is 20.5 Å². The number of phenolic OH excluding ortho intramolecular Hbond substituents is 1. The Kier molecular flexibility index (Phi) is 4.93. The standard InChI is InChI=1S/C20H20N2O4/c1-3-26-16-11-14(9-10-15(16)23)18-17(12(2)21-20(25)22-18)19(24)13-7-5-4-6-8-13/h4-11,18,23H,3H2,1-2H3,(H2,21,22,25)/t18-/m0/s1. The van der Waals surface area contributed by atoms with Gasteiger partial charge >= 0.3 is 6.03 Å². The van der Waals surface area contributed by atoms with Crippen molar-refractivity contribution in [3.63, 3.8) is 0 Å². The fourth-order valence-corrected chi connectivity index (χ4v) is 2.97. The third-order valence-electron chi connectivity index (χ3n) is 4.17. The second-order valence-electron chi connectivity index (χ2n) is 5.93. The van der Waals surface area contributed by atoms with Gasteiger partial charge in [0.15, 0.2) is 17.3 Å². The van der Waals surface area contributed by atoms with Crippen LogP contribution in [0.15, 0.2) is 59.8 Å². The Morgan fingerprint density at radius 1 is 1.19 bits per heavy atom. The van der Waals surface area contributed by atoms with Crippen LogP contribution in [0.3, 0.4) is 0 Å². The van der Waals surface area contributed by atoms with E-state index in [1.54, 1.807) is 43.3 Å². The lowest BCUT2D eigenvalue weighted by Crippen LogP contribution is -2.45. The zero-order valence-corrected chi connectivity index (χ0v) is 14.6. The number of urea groups is 1. The first-order valence-electron chi connectivity index (χ1n) is 8.35. The van der Waals surface area contributed by atoms with Crippen LogP contribution in [0, 0.1) is 0 Å². The molecule has 26 heavy (non-hydrogen) atoms. The number of allylic oxidation sites excluding steroid dienone is 1. The van der Waals surface area contributed by atoms with Gasteiger partial charge in [-0.15, -0.1) is 0 Å². The van der Waals surface area contributed by atoms with E-state index in [2.05, 4.69) is 10.6 Å². The molecule has 1 atom stereocenters. The number of hydrogen-bond acceptors (Lipinski definition) is 4. The van der Waals surface area contributed by atoms with E-state index in [-0.39, 0.29) is 17.6 Å². The fourth-order valence-electron chi connectivity index (χ4n) is 2.97. The summed E-state index contributed by atoms with van der Waals surface area (Å²) in [5.74, 6) is 0.140. The third-order valence-corrected chi connectivity index (χ3v) is 4.17. The zero-order valence-electron chi connectivity index (χ0n) is 14.6. The molecule has 1 aliphatic rings. The van der Waals surface area contributed by atoms with Crippen LogP contribution >= 0.6 is 0 Å². The van der Waals surface area contributed by atoms with Gasteiger partial charge in [-0.3, -0.25) is 4.79 Å². The molecule has 3 N–H and O–H groups in total. The molecule has 0 radical (unpaired) electrons. The molecule has 0 saturated carbocycles. The number of phenols is 1. The van der Waals surface area contributed by atoms with E-state index < -0.39 is 6.04 Å². The van der Waals surface area contributed by atoms with Gasteiger partial charge in [-0.25, -0.2) is 4.79 Å². The number of carbonyl (C=O) groups is 2. The van der Waals surface area contributed by atoms with E-state index in [0.29, 0.717) is 34.8 Å². The topological polar surface area (TPSA) is 87.7 Å². The van der Waals surface area contributed by atoms with Gasteiger partial charge in [0.1, 0.15) is 0 Å². The van der Waals surface area contributed by atoms with Crippen molar-refractivity contribution in [2.75, 3.05) is 6.61 Å². The van der Waals surface area contributed by atoms with Crippen LogP contribution in [-0.4, -0.2) is 23.5 Å². The number of ketones is 1. The maximum absolute atomic E-state index is 13.0. The zero-order chi connectivity index (χ0) is 18.7. The molecule has 0 unspecified atom stereocenters.